The van der Waals surface area contributed by atoms with Gasteiger partial charge < -0.3 is 9.47 Å². The van der Waals surface area contributed by atoms with Crippen LogP contribution in [0, 0.1) is 0 Å². The Morgan fingerprint density at radius 1 is 1.79 bits per heavy atom. The third kappa shape index (κ3) is 2.41. The maximum atomic E-state index is 5.69. The molecule has 1 unspecified atom stereocenters. The molecule has 1 heterocycles. The summed E-state index contributed by atoms with van der Waals surface area (Å²) in [7, 11) is 1.63. The molecule has 2 nitrogen and oxygen atoms in total. The molecule has 0 radical (unpaired) electrons. The SMILES string of the molecule is C=C(OC)C1=C(/C=C/C)OC(CBr)C1. The van der Waals surface area contributed by atoms with E-state index in [1.165, 1.54) is 0 Å². The molecule has 0 saturated heterocycles. The molecule has 1 aliphatic heterocycles. The van der Waals surface area contributed by atoms with E-state index in [1.54, 1.807) is 7.11 Å². The maximum absolute atomic E-state index is 5.69. The van der Waals surface area contributed by atoms with Gasteiger partial charge in [-0.25, -0.2) is 0 Å². The van der Waals surface area contributed by atoms with E-state index in [4.69, 9.17) is 9.47 Å². The normalized spacial score (nSPS) is 21.5. The molecule has 0 N–H and O–H groups in total. The Labute approximate surface area is 93.4 Å². The monoisotopic (exact) mass is 258 g/mol. The summed E-state index contributed by atoms with van der Waals surface area (Å²) >= 11 is 3.41. The molecule has 14 heavy (non-hydrogen) atoms. The van der Waals surface area contributed by atoms with Crippen molar-refractivity contribution in [1.29, 1.82) is 0 Å². The van der Waals surface area contributed by atoms with Gasteiger partial charge in [-0.05, 0) is 13.0 Å². The Hall–Kier alpha value is -0.700. The van der Waals surface area contributed by atoms with E-state index in [0.717, 1.165) is 23.1 Å². The highest BCUT2D eigenvalue weighted by atomic mass is 79.9. The molecule has 1 aliphatic rings. The van der Waals surface area contributed by atoms with Crippen LogP contribution in [0.15, 0.2) is 35.8 Å². The lowest BCUT2D eigenvalue weighted by molar-refractivity contribution is 0.174. The van der Waals surface area contributed by atoms with E-state index in [0.29, 0.717) is 5.76 Å². The van der Waals surface area contributed by atoms with Crippen LogP contribution in [0.25, 0.3) is 0 Å². The summed E-state index contributed by atoms with van der Waals surface area (Å²) in [5, 5.41) is 0.828. The minimum atomic E-state index is 0.197. The minimum Gasteiger partial charge on any atom is -0.497 e. The molecule has 0 saturated carbocycles. The Balaban J connectivity index is 2.84. The van der Waals surface area contributed by atoms with Gasteiger partial charge in [-0.1, -0.05) is 28.6 Å². The van der Waals surface area contributed by atoms with Gasteiger partial charge in [0.1, 0.15) is 17.6 Å². The second-order valence-corrected chi connectivity index (χ2v) is 3.72. The number of methoxy groups -OCH3 is 1. The Kier molecular flexibility index (Phi) is 4.26. The van der Waals surface area contributed by atoms with Crippen molar-refractivity contribution in [3.8, 4) is 0 Å². The fraction of sp³-hybridized carbons (Fsp3) is 0.455. The third-order valence-corrected chi connectivity index (χ3v) is 2.82. The highest BCUT2D eigenvalue weighted by Gasteiger charge is 2.25. The second-order valence-electron chi connectivity index (χ2n) is 3.07. The number of halogens is 1. The van der Waals surface area contributed by atoms with Gasteiger partial charge in [0.05, 0.1) is 7.11 Å². The van der Waals surface area contributed by atoms with Crippen molar-refractivity contribution < 1.29 is 9.47 Å². The number of hydrogen-bond acceptors (Lipinski definition) is 2. The molecular formula is C11H15BrO2. The smallest absolute Gasteiger partial charge is 0.126 e. The first-order chi connectivity index (χ1) is 6.72. The van der Waals surface area contributed by atoms with Crippen molar-refractivity contribution >= 4 is 15.9 Å². The predicted molar refractivity (Wildman–Crippen MR) is 61.3 cm³/mol. The van der Waals surface area contributed by atoms with Crippen LogP contribution in [0.2, 0.25) is 0 Å². The van der Waals surface area contributed by atoms with Crippen LogP contribution in [0.5, 0.6) is 0 Å². The molecule has 0 spiro atoms. The molecule has 0 aliphatic carbocycles. The van der Waals surface area contributed by atoms with Crippen LogP contribution in [0.3, 0.4) is 0 Å². The highest BCUT2D eigenvalue weighted by molar-refractivity contribution is 9.09. The standard InChI is InChI=1S/C11H15BrO2/c1-4-5-11-10(8(2)13-3)6-9(7-12)14-11/h4-5,9H,2,6-7H2,1,3H3/b5-4+. The fourth-order valence-electron chi connectivity index (χ4n) is 1.37. The van der Waals surface area contributed by atoms with Gasteiger partial charge >= 0.3 is 0 Å². The van der Waals surface area contributed by atoms with Crippen LogP contribution in [-0.4, -0.2) is 18.5 Å². The second kappa shape index (κ2) is 5.25. The quantitative estimate of drug-likeness (QED) is 0.570. The van der Waals surface area contributed by atoms with E-state index in [-0.39, 0.29) is 6.10 Å². The largest absolute Gasteiger partial charge is 0.497 e. The average molecular weight is 259 g/mol. The highest BCUT2D eigenvalue weighted by Crippen LogP contribution is 2.31. The van der Waals surface area contributed by atoms with E-state index in [1.807, 2.05) is 19.1 Å². The molecule has 78 valence electrons. The summed E-state index contributed by atoms with van der Waals surface area (Å²) in [6.07, 6.45) is 4.96. The topological polar surface area (TPSA) is 18.5 Å². The van der Waals surface area contributed by atoms with Gasteiger partial charge in [-0.3, -0.25) is 0 Å². The number of allylic oxidation sites excluding steroid dienone is 3. The summed E-state index contributed by atoms with van der Waals surface area (Å²) < 4.78 is 10.8. The van der Waals surface area contributed by atoms with Crippen molar-refractivity contribution in [1.82, 2.24) is 0 Å². The molecule has 0 aromatic carbocycles. The summed E-state index contributed by atoms with van der Waals surface area (Å²) in [5.41, 5.74) is 1.06. The number of ether oxygens (including phenoxy) is 2. The van der Waals surface area contributed by atoms with E-state index >= 15 is 0 Å². The summed E-state index contributed by atoms with van der Waals surface area (Å²) in [4.78, 5) is 0. The Bertz CT molecular complexity index is 279. The zero-order valence-corrected chi connectivity index (χ0v) is 10.1. The number of alkyl halides is 1. The van der Waals surface area contributed by atoms with E-state index < -0.39 is 0 Å². The lowest BCUT2D eigenvalue weighted by Gasteiger charge is -2.06. The lowest BCUT2D eigenvalue weighted by atomic mass is 10.1. The molecule has 0 bridgehead atoms. The van der Waals surface area contributed by atoms with E-state index in [9.17, 15) is 0 Å². The Morgan fingerprint density at radius 3 is 3.00 bits per heavy atom. The zero-order chi connectivity index (χ0) is 10.6. The molecule has 0 fully saturated rings. The number of rotatable bonds is 4. The van der Waals surface area contributed by atoms with Crippen molar-refractivity contribution in [2.75, 3.05) is 12.4 Å². The molecule has 0 aromatic heterocycles. The molecule has 3 heteroatoms. The first-order valence-corrected chi connectivity index (χ1v) is 5.66. The van der Waals surface area contributed by atoms with Gasteiger partial charge in [0.15, 0.2) is 0 Å². The third-order valence-electron chi connectivity index (χ3n) is 2.10. The van der Waals surface area contributed by atoms with E-state index in [2.05, 4.69) is 22.5 Å². The van der Waals surface area contributed by atoms with Gasteiger partial charge in [0.25, 0.3) is 0 Å². The summed E-state index contributed by atoms with van der Waals surface area (Å²) in [5.74, 6) is 1.57. The van der Waals surface area contributed by atoms with Crippen LogP contribution in [0.1, 0.15) is 13.3 Å². The summed E-state index contributed by atoms with van der Waals surface area (Å²) in [6.45, 7) is 5.81. The van der Waals surface area contributed by atoms with Gasteiger partial charge in [-0.2, -0.15) is 0 Å². The van der Waals surface area contributed by atoms with Crippen LogP contribution >= 0.6 is 15.9 Å². The fourth-order valence-corrected chi connectivity index (χ4v) is 1.73. The van der Waals surface area contributed by atoms with Gasteiger partial charge in [0.2, 0.25) is 0 Å². The van der Waals surface area contributed by atoms with Crippen molar-refractivity contribution in [3.05, 3.63) is 35.8 Å². The average Bonchev–Trinajstić information content (AvgIpc) is 2.61. The lowest BCUT2D eigenvalue weighted by Crippen LogP contribution is -2.07. The van der Waals surface area contributed by atoms with Crippen LogP contribution in [-0.2, 0) is 9.47 Å². The van der Waals surface area contributed by atoms with Gasteiger partial charge in [-0.15, -0.1) is 0 Å². The first kappa shape index (κ1) is 11.4. The van der Waals surface area contributed by atoms with Crippen molar-refractivity contribution in [2.45, 2.75) is 19.4 Å². The van der Waals surface area contributed by atoms with Crippen LogP contribution < -0.4 is 0 Å². The summed E-state index contributed by atoms with van der Waals surface area (Å²) in [6, 6.07) is 0. The van der Waals surface area contributed by atoms with Gasteiger partial charge in [0, 0.05) is 17.3 Å². The molecule has 1 rings (SSSR count). The Morgan fingerprint density at radius 2 is 2.50 bits per heavy atom. The zero-order valence-electron chi connectivity index (χ0n) is 8.55. The first-order valence-electron chi connectivity index (χ1n) is 4.54. The number of hydrogen-bond donors (Lipinski definition) is 0. The van der Waals surface area contributed by atoms with Crippen molar-refractivity contribution in [3.63, 3.8) is 0 Å². The van der Waals surface area contributed by atoms with Crippen LogP contribution in [0.4, 0.5) is 0 Å². The molecule has 0 aromatic rings. The predicted octanol–water partition coefficient (Wildman–Crippen LogP) is 3.16. The van der Waals surface area contributed by atoms with Crippen molar-refractivity contribution in [2.24, 2.45) is 0 Å². The maximum Gasteiger partial charge on any atom is 0.126 e. The molecule has 1 atom stereocenters. The molecule has 0 amide bonds. The molecular weight excluding hydrogens is 244 g/mol. The minimum absolute atomic E-state index is 0.197.